The van der Waals surface area contributed by atoms with Crippen molar-refractivity contribution in [1.29, 1.82) is 0 Å². The van der Waals surface area contributed by atoms with Crippen molar-refractivity contribution in [3.63, 3.8) is 0 Å². The number of benzene rings is 2. The number of methoxy groups -OCH3 is 2. The number of rotatable bonds is 5. The fourth-order valence-corrected chi connectivity index (χ4v) is 4.20. The number of hydrogen-bond donors (Lipinski definition) is 0. The molecule has 2 aliphatic heterocycles. The first-order valence-electron chi connectivity index (χ1n) is 10.2. The fraction of sp³-hybridized carbons (Fsp3) is 0.391. The second-order valence-corrected chi connectivity index (χ2v) is 8.22. The molecule has 2 aromatic carbocycles. The van der Waals surface area contributed by atoms with Crippen LogP contribution in [0, 0.1) is 5.92 Å². The number of para-hydroxylation sites is 1. The van der Waals surface area contributed by atoms with E-state index in [1.807, 2.05) is 29.2 Å². The number of piperidine rings is 1. The summed E-state index contributed by atoms with van der Waals surface area (Å²) in [5.41, 5.74) is 2.60. The van der Waals surface area contributed by atoms with Crippen molar-refractivity contribution in [1.82, 2.24) is 4.90 Å². The molecule has 0 atom stereocenters. The van der Waals surface area contributed by atoms with Gasteiger partial charge in [0.15, 0.2) is 0 Å². The van der Waals surface area contributed by atoms with E-state index in [1.54, 1.807) is 26.4 Å². The van der Waals surface area contributed by atoms with Gasteiger partial charge < -0.3 is 9.47 Å². The van der Waals surface area contributed by atoms with Gasteiger partial charge in [0, 0.05) is 24.7 Å². The zero-order valence-electron chi connectivity index (χ0n) is 17.5. The highest BCUT2D eigenvalue weighted by Gasteiger charge is 2.35. The third-order valence-corrected chi connectivity index (χ3v) is 6.10. The number of hydrogen-bond acceptors (Lipinski definition) is 5. The summed E-state index contributed by atoms with van der Waals surface area (Å²) in [5, 5.41) is 0.413. The minimum absolute atomic E-state index is 0.108. The van der Waals surface area contributed by atoms with Crippen molar-refractivity contribution in [3.8, 4) is 11.5 Å². The van der Waals surface area contributed by atoms with Crippen LogP contribution in [0.5, 0.6) is 11.5 Å². The molecule has 0 spiro atoms. The fourth-order valence-electron chi connectivity index (χ4n) is 3.97. The van der Waals surface area contributed by atoms with E-state index < -0.39 is 0 Å². The van der Waals surface area contributed by atoms with Crippen LogP contribution in [0.3, 0.4) is 0 Å². The quantitative estimate of drug-likeness (QED) is 0.704. The van der Waals surface area contributed by atoms with Gasteiger partial charge in [0.25, 0.3) is 5.91 Å². The summed E-state index contributed by atoms with van der Waals surface area (Å²) in [4.78, 5) is 22.2. The topological polar surface area (TPSA) is 54.4 Å². The standard InChI is InChI=1S/C23H26ClN3O3/c1-15-8-10-26(11-9-15)14-27-19-7-5-4-6-16(19)22(23(27)28)25-18-12-17(24)20(29-2)13-21(18)30-3/h4-7,12-13,15H,8-11,14H2,1-3H3. The first-order valence-corrected chi connectivity index (χ1v) is 10.5. The number of carbonyl (C=O) groups is 1. The lowest BCUT2D eigenvalue weighted by atomic mass is 10.00. The van der Waals surface area contributed by atoms with Crippen LogP contribution in [0.1, 0.15) is 25.3 Å². The number of amides is 1. The Labute approximate surface area is 182 Å². The van der Waals surface area contributed by atoms with E-state index in [-0.39, 0.29) is 5.91 Å². The van der Waals surface area contributed by atoms with Gasteiger partial charge in [0.2, 0.25) is 0 Å². The van der Waals surface area contributed by atoms with Gasteiger partial charge in [-0.1, -0.05) is 36.7 Å². The monoisotopic (exact) mass is 427 g/mol. The van der Waals surface area contributed by atoms with E-state index in [0.29, 0.717) is 34.6 Å². The Morgan fingerprint density at radius 2 is 1.80 bits per heavy atom. The molecule has 1 amide bonds. The molecule has 7 heteroatoms. The van der Waals surface area contributed by atoms with Gasteiger partial charge in [-0.2, -0.15) is 0 Å². The molecule has 2 aliphatic rings. The molecule has 0 saturated carbocycles. The number of carbonyl (C=O) groups excluding carboxylic acids is 1. The highest BCUT2D eigenvalue weighted by atomic mass is 35.5. The maximum absolute atomic E-state index is 13.4. The molecule has 0 unspecified atom stereocenters. The smallest absolute Gasteiger partial charge is 0.278 e. The Morgan fingerprint density at radius 3 is 2.50 bits per heavy atom. The molecule has 0 N–H and O–H groups in total. The molecule has 0 bridgehead atoms. The van der Waals surface area contributed by atoms with E-state index in [0.717, 1.165) is 43.1 Å². The van der Waals surface area contributed by atoms with E-state index in [1.165, 1.54) is 0 Å². The molecule has 2 aromatic rings. The maximum atomic E-state index is 13.4. The second kappa shape index (κ2) is 8.66. The van der Waals surface area contributed by atoms with Gasteiger partial charge in [0.1, 0.15) is 22.9 Å². The molecule has 1 fully saturated rings. The van der Waals surface area contributed by atoms with Crippen molar-refractivity contribution >= 4 is 34.6 Å². The largest absolute Gasteiger partial charge is 0.495 e. The number of fused-ring (bicyclic) bond motifs is 1. The number of halogens is 1. The van der Waals surface area contributed by atoms with Gasteiger partial charge in [-0.05, 0) is 30.9 Å². The van der Waals surface area contributed by atoms with Crippen LogP contribution in [0.15, 0.2) is 41.4 Å². The number of likely N-dealkylation sites (tertiary alicyclic amines) is 1. The van der Waals surface area contributed by atoms with Crippen molar-refractivity contribution in [2.45, 2.75) is 19.8 Å². The molecule has 4 rings (SSSR count). The van der Waals surface area contributed by atoms with Crippen LogP contribution in [0.4, 0.5) is 11.4 Å². The summed E-state index contributed by atoms with van der Waals surface area (Å²) < 4.78 is 10.7. The van der Waals surface area contributed by atoms with Crippen LogP contribution in [-0.4, -0.2) is 50.5 Å². The summed E-state index contributed by atoms with van der Waals surface area (Å²) in [6, 6.07) is 11.1. The molecular formula is C23H26ClN3O3. The number of ether oxygens (including phenoxy) is 2. The summed E-state index contributed by atoms with van der Waals surface area (Å²) in [6.07, 6.45) is 2.32. The normalized spacial score (nSPS) is 18.7. The van der Waals surface area contributed by atoms with Crippen molar-refractivity contribution < 1.29 is 14.3 Å². The van der Waals surface area contributed by atoms with Gasteiger partial charge >= 0.3 is 0 Å². The SMILES string of the molecule is COc1cc(OC)c(N=C2C(=O)N(CN3CCC(C)CC3)c3ccccc32)cc1Cl. The van der Waals surface area contributed by atoms with Crippen LogP contribution >= 0.6 is 11.6 Å². The first kappa shape index (κ1) is 20.7. The Hall–Kier alpha value is -2.57. The third kappa shape index (κ3) is 3.89. The van der Waals surface area contributed by atoms with Crippen LogP contribution in [-0.2, 0) is 4.79 Å². The Balaban J connectivity index is 1.69. The highest BCUT2D eigenvalue weighted by Crippen LogP contribution is 2.39. The molecule has 1 saturated heterocycles. The molecule has 158 valence electrons. The average molecular weight is 428 g/mol. The van der Waals surface area contributed by atoms with Crippen molar-refractivity contribution in [3.05, 3.63) is 47.0 Å². The zero-order valence-corrected chi connectivity index (χ0v) is 18.3. The summed E-state index contributed by atoms with van der Waals surface area (Å²) >= 11 is 6.30. The lowest BCUT2D eigenvalue weighted by molar-refractivity contribution is -0.112. The summed E-state index contributed by atoms with van der Waals surface area (Å²) in [6.45, 7) is 4.86. The van der Waals surface area contributed by atoms with Crippen LogP contribution in [0.25, 0.3) is 0 Å². The predicted octanol–water partition coefficient (Wildman–Crippen LogP) is 4.51. The maximum Gasteiger partial charge on any atom is 0.278 e. The second-order valence-electron chi connectivity index (χ2n) is 7.81. The molecule has 0 aliphatic carbocycles. The van der Waals surface area contributed by atoms with Crippen molar-refractivity contribution in [2.75, 3.05) is 38.9 Å². The minimum atomic E-state index is -0.108. The van der Waals surface area contributed by atoms with Gasteiger partial charge in [0.05, 0.1) is 31.6 Å². The van der Waals surface area contributed by atoms with Gasteiger partial charge in [-0.25, -0.2) is 4.99 Å². The number of aliphatic imine (C=N–C) groups is 1. The van der Waals surface area contributed by atoms with E-state index >= 15 is 0 Å². The number of nitrogens with zero attached hydrogens (tertiary/aromatic N) is 3. The lowest BCUT2D eigenvalue weighted by Gasteiger charge is -2.33. The van der Waals surface area contributed by atoms with E-state index in [4.69, 9.17) is 21.1 Å². The molecule has 0 aromatic heterocycles. The summed E-state index contributed by atoms with van der Waals surface area (Å²) in [7, 11) is 3.10. The molecule has 6 nitrogen and oxygen atoms in total. The number of anilines is 1. The average Bonchev–Trinajstić information content (AvgIpc) is 3.01. The Bertz CT molecular complexity index is 984. The zero-order chi connectivity index (χ0) is 21.3. The van der Waals surface area contributed by atoms with Gasteiger partial charge in [-0.3, -0.25) is 14.6 Å². The van der Waals surface area contributed by atoms with E-state index in [9.17, 15) is 4.79 Å². The van der Waals surface area contributed by atoms with Gasteiger partial charge in [-0.15, -0.1) is 0 Å². The first-order chi connectivity index (χ1) is 14.5. The lowest BCUT2D eigenvalue weighted by Crippen LogP contribution is -2.44. The molecule has 30 heavy (non-hydrogen) atoms. The predicted molar refractivity (Wildman–Crippen MR) is 120 cm³/mol. The molecule has 2 heterocycles. The van der Waals surface area contributed by atoms with Crippen LogP contribution < -0.4 is 14.4 Å². The molecule has 0 radical (unpaired) electrons. The highest BCUT2D eigenvalue weighted by molar-refractivity contribution is 6.54. The Morgan fingerprint density at radius 1 is 1.10 bits per heavy atom. The third-order valence-electron chi connectivity index (χ3n) is 5.80. The van der Waals surface area contributed by atoms with Crippen LogP contribution in [0.2, 0.25) is 5.02 Å². The molecular weight excluding hydrogens is 402 g/mol. The Kier molecular flexibility index (Phi) is 5.97. The summed E-state index contributed by atoms with van der Waals surface area (Å²) in [5.74, 6) is 1.63. The minimum Gasteiger partial charge on any atom is -0.495 e. The van der Waals surface area contributed by atoms with E-state index in [2.05, 4.69) is 16.8 Å². The van der Waals surface area contributed by atoms with Crippen molar-refractivity contribution in [2.24, 2.45) is 10.9 Å².